The minimum Gasteiger partial charge on any atom is -0.494 e. The molecule has 1 heterocycles. The third-order valence-electron chi connectivity index (χ3n) is 3.48. The van der Waals surface area contributed by atoms with Crippen LogP contribution < -0.4 is 10.2 Å². The number of nitrogens with zero attached hydrogens (tertiary/aromatic N) is 3. The van der Waals surface area contributed by atoms with E-state index in [1.807, 2.05) is 0 Å². The fraction of sp³-hybridized carbons (Fsp3) is 0.389. The molecular weight excluding hydrogens is 361 g/mol. The van der Waals surface area contributed by atoms with Crippen molar-refractivity contribution in [3.8, 4) is 5.75 Å². The van der Waals surface area contributed by atoms with E-state index in [1.165, 1.54) is 6.21 Å². The van der Waals surface area contributed by atoms with Crippen LogP contribution in [0, 0.1) is 5.92 Å². The first kappa shape index (κ1) is 20.5. The van der Waals surface area contributed by atoms with Crippen LogP contribution in [0.4, 0.5) is 13.2 Å². The van der Waals surface area contributed by atoms with Gasteiger partial charge in [0.1, 0.15) is 12.3 Å². The Bertz CT molecular complexity index is 768. The molecule has 0 atom stereocenters. The van der Waals surface area contributed by atoms with Crippen molar-refractivity contribution in [2.24, 2.45) is 11.0 Å². The highest BCUT2D eigenvalue weighted by Crippen LogP contribution is 2.27. The highest BCUT2D eigenvalue weighted by molar-refractivity contribution is 5.82. The van der Waals surface area contributed by atoms with E-state index in [1.54, 1.807) is 24.3 Å². The van der Waals surface area contributed by atoms with Gasteiger partial charge in [-0.2, -0.15) is 23.4 Å². The number of aromatic nitrogens is 2. The molecule has 0 radical (unpaired) electrons. The van der Waals surface area contributed by atoms with E-state index < -0.39 is 17.8 Å². The molecular formula is C18H21F3N4O2. The zero-order valence-corrected chi connectivity index (χ0v) is 15.0. The number of ether oxygens (including phenoxy) is 1. The molecule has 0 saturated heterocycles. The maximum absolute atomic E-state index is 12.5. The smallest absolute Gasteiger partial charge is 0.435 e. The van der Waals surface area contributed by atoms with Crippen LogP contribution in [-0.2, 0) is 17.5 Å². The van der Waals surface area contributed by atoms with Crippen molar-refractivity contribution in [2.45, 2.75) is 33.0 Å². The molecule has 0 aliphatic rings. The summed E-state index contributed by atoms with van der Waals surface area (Å²) in [6.45, 7) is 4.53. The second kappa shape index (κ2) is 9.20. The second-order valence-corrected chi connectivity index (χ2v) is 6.29. The minimum atomic E-state index is -4.54. The average molecular weight is 382 g/mol. The van der Waals surface area contributed by atoms with E-state index in [0.29, 0.717) is 12.5 Å². The Labute approximate surface area is 155 Å². The minimum absolute atomic E-state index is 0.365. The van der Waals surface area contributed by atoms with Gasteiger partial charge < -0.3 is 4.74 Å². The van der Waals surface area contributed by atoms with Crippen molar-refractivity contribution in [3.05, 3.63) is 47.8 Å². The number of halogens is 3. The number of hydrogen-bond acceptors (Lipinski definition) is 4. The predicted octanol–water partition coefficient (Wildman–Crippen LogP) is 3.48. The zero-order chi connectivity index (χ0) is 19.9. The summed E-state index contributed by atoms with van der Waals surface area (Å²) in [4.78, 5) is 11.7. The SMILES string of the molecule is CC(C)CCOc1ccc(C=NNC(=O)Cn2ccc(C(F)(F)F)n2)cc1. The number of hydrogen-bond donors (Lipinski definition) is 1. The van der Waals surface area contributed by atoms with Gasteiger partial charge in [-0.15, -0.1) is 0 Å². The average Bonchev–Trinajstić information content (AvgIpc) is 3.05. The van der Waals surface area contributed by atoms with Gasteiger partial charge in [-0.25, -0.2) is 5.43 Å². The number of nitrogens with one attached hydrogen (secondary N) is 1. The van der Waals surface area contributed by atoms with Crippen LogP contribution in [0.25, 0.3) is 0 Å². The first-order chi connectivity index (χ1) is 12.7. The summed E-state index contributed by atoms with van der Waals surface area (Å²) in [5.41, 5.74) is 1.94. The third kappa shape index (κ3) is 7.12. The lowest BCUT2D eigenvalue weighted by Gasteiger charge is -2.07. The molecule has 6 nitrogen and oxygen atoms in total. The molecule has 2 aromatic rings. The van der Waals surface area contributed by atoms with Crippen LogP contribution in [-0.4, -0.2) is 28.5 Å². The van der Waals surface area contributed by atoms with Gasteiger partial charge in [0.25, 0.3) is 5.91 Å². The van der Waals surface area contributed by atoms with Crippen LogP contribution in [0.1, 0.15) is 31.5 Å². The van der Waals surface area contributed by atoms with Crippen LogP contribution >= 0.6 is 0 Å². The van der Waals surface area contributed by atoms with E-state index in [4.69, 9.17) is 4.74 Å². The standard InChI is InChI=1S/C18H21F3N4O2/c1-13(2)8-10-27-15-5-3-14(4-6-15)11-22-23-17(26)12-25-9-7-16(24-25)18(19,20)21/h3-7,9,11,13H,8,10,12H2,1-2H3,(H,23,26). The van der Waals surface area contributed by atoms with Crippen molar-refractivity contribution in [1.29, 1.82) is 0 Å². The first-order valence-electron chi connectivity index (χ1n) is 8.39. The van der Waals surface area contributed by atoms with Crippen LogP contribution in [0.15, 0.2) is 41.6 Å². The van der Waals surface area contributed by atoms with Crippen molar-refractivity contribution in [1.82, 2.24) is 15.2 Å². The molecule has 0 bridgehead atoms. The summed E-state index contributed by atoms with van der Waals surface area (Å²) in [6, 6.07) is 7.96. The number of rotatable bonds is 8. The van der Waals surface area contributed by atoms with Gasteiger partial charge in [0.2, 0.25) is 0 Å². The van der Waals surface area contributed by atoms with Gasteiger partial charge in [-0.1, -0.05) is 13.8 Å². The van der Waals surface area contributed by atoms with Crippen molar-refractivity contribution < 1.29 is 22.7 Å². The van der Waals surface area contributed by atoms with Crippen molar-refractivity contribution >= 4 is 12.1 Å². The highest BCUT2D eigenvalue weighted by atomic mass is 19.4. The van der Waals surface area contributed by atoms with Crippen LogP contribution in [0.5, 0.6) is 5.75 Å². The number of alkyl halides is 3. The Kier molecular flexibility index (Phi) is 6.98. The summed E-state index contributed by atoms with van der Waals surface area (Å²) in [5.74, 6) is 0.731. The summed E-state index contributed by atoms with van der Waals surface area (Å²) in [5, 5.41) is 7.08. The van der Waals surface area contributed by atoms with E-state index in [-0.39, 0.29) is 6.54 Å². The number of hydrazone groups is 1. The lowest BCUT2D eigenvalue weighted by molar-refractivity contribution is -0.141. The molecule has 27 heavy (non-hydrogen) atoms. The monoisotopic (exact) mass is 382 g/mol. The number of carbonyl (C=O) groups is 1. The van der Waals surface area contributed by atoms with Gasteiger partial charge in [-0.3, -0.25) is 9.48 Å². The van der Waals surface area contributed by atoms with E-state index >= 15 is 0 Å². The molecule has 0 unspecified atom stereocenters. The van der Waals surface area contributed by atoms with Gasteiger partial charge in [0.05, 0.1) is 12.8 Å². The second-order valence-electron chi connectivity index (χ2n) is 6.29. The van der Waals surface area contributed by atoms with E-state index in [2.05, 4.69) is 29.5 Å². The Hall–Kier alpha value is -2.84. The normalized spacial score (nSPS) is 11.9. The zero-order valence-electron chi connectivity index (χ0n) is 15.0. The van der Waals surface area contributed by atoms with Crippen LogP contribution in [0.3, 0.4) is 0 Å². The summed E-state index contributed by atoms with van der Waals surface area (Å²) in [7, 11) is 0. The fourth-order valence-electron chi connectivity index (χ4n) is 2.02. The molecule has 2 rings (SSSR count). The van der Waals surface area contributed by atoms with Crippen LogP contribution in [0.2, 0.25) is 0 Å². The van der Waals surface area contributed by atoms with E-state index in [0.717, 1.165) is 34.7 Å². The number of amides is 1. The van der Waals surface area contributed by atoms with Gasteiger partial charge >= 0.3 is 6.18 Å². The van der Waals surface area contributed by atoms with Crippen molar-refractivity contribution in [2.75, 3.05) is 6.61 Å². The Morgan fingerprint density at radius 3 is 2.59 bits per heavy atom. The van der Waals surface area contributed by atoms with Gasteiger partial charge in [0, 0.05) is 6.20 Å². The predicted molar refractivity (Wildman–Crippen MR) is 94.4 cm³/mol. The third-order valence-corrected chi connectivity index (χ3v) is 3.48. The molecule has 146 valence electrons. The largest absolute Gasteiger partial charge is 0.494 e. The quantitative estimate of drug-likeness (QED) is 0.561. The molecule has 1 aromatic carbocycles. The summed E-state index contributed by atoms with van der Waals surface area (Å²) >= 11 is 0. The molecule has 0 aliphatic heterocycles. The summed E-state index contributed by atoms with van der Waals surface area (Å²) < 4.78 is 43.9. The maximum atomic E-state index is 12.5. The first-order valence-corrected chi connectivity index (χ1v) is 8.39. The maximum Gasteiger partial charge on any atom is 0.435 e. The molecule has 0 fully saturated rings. The lowest BCUT2D eigenvalue weighted by atomic mass is 10.1. The molecule has 1 N–H and O–H groups in total. The molecule has 0 aliphatic carbocycles. The number of benzene rings is 1. The molecule has 0 saturated carbocycles. The Morgan fingerprint density at radius 1 is 1.30 bits per heavy atom. The molecule has 1 amide bonds. The number of carbonyl (C=O) groups excluding carboxylic acids is 1. The fourth-order valence-corrected chi connectivity index (χ4v) is 2.02. The van der Waals surface area contributed by atoms with Crippen molar-refractivity contribution in [3.63, 3.8) is 0 Å². The lowest BCUT2D eigenvalue weighted by Crippen LogP contribution is -2.23. The Morgan fingerprint density at radius 2 is 2.00 bits per heavy atom. The topological polar surface area (TPSA) is 68.5 Å². The van der Waals surface area contributed by atoms with E-state index in [9.17, 15) is 18.0 Å². The van der Waals surface area contributed by atoms with Gasteiger partial charge in [0.15, 0.2) is 5.69 Å². The molecule has 1 aromatic heterocycles. The van der Waals surface area contributed by atoms with Gasteiger partial charge in [-0.05, 0) is 48.2 Å². The Balaban J connectivity index is 1.79. The molecule has 9 heteroatoms. The highest BCUT2D eigenvalue weighted by Gasteiger charge is 2.33. The summed E-state index contributed by atoms with van der Waals surface area (Å²) in [6.07, 6.45) is -1.05. The molecule has 0 spiro atoms.